The van der Waals surface area contributed by atoms with Crippen LogP contribution < -0.4 is 10.6 Å². The van der Waals surface area contributed by atoms with Crippen molar-refractivity contribution in [2.45, 2.75) is 9.92 Å². The van der Waals surface area contributed by atoms with Crippen LogP contribution in [0.2, 0.25) is 10.0 Å². The number of hydrogen-bond acceptors (Lipinski definition) is 4. The third-order valence-corrected chi connectivity index (χ3v) is 5.49. The summed E-state index contributed by atoms with van der Waals surface area (Å²) < 4.78 is 0.982. The summed E-state index contributed by atoms with van der Waals surface area (Å²) in [7, 11) is 0. The zero-order valence-electron chi connectivity index (χ0n) is 14.1. The van der Waals surface area contributed by atoms with Gasteiger partial charge in [-0.05, 0) is 42.5 Å². The molecule has 28 heavy (non-hydrogen) atoms. The number of nitrogens with one attached hydrogen (secondary N) is 2. The van der Waals surface area contributed by atoms with Crippen LogP contribution in [0.4, 0.5) is 10.5 Å². The van der Waals surface area contributed by atoms with E-state index in [1.807, 2.05) is 24.3 Å². The molecule has 5 nitrogen and oxygen atoms in total. The lowest BCUT2D eigenvalue weighted by atomic mass is 10.2. The van der Waals surface area contributed by atoms with Crippen LogP contribution >= 0.6 is 50.9 Å². The summed E-state index contributed by atoms with van der Waals surface area (Å²) in [5.74, 6) is -0.692. The zero-order valence-corrected chi connectivity index (χ0v) is 18.0. The highest BCUT2D eigenvalue weighted by Gasteiger charge is 2.17. The highest BCUT2D eigenvalue weighted by atomic mass is 79.9. The molecule has 9 heteroatoms. The van der Waals surface area contributed by atoms with E-state index in [4.69, 9.17) is 23.2 Å². The lowest BCUT2D eigenvalue weighted by Gasteiger charge is -2.09. The van der Waals surface area contributed by atoms with Gasteiger partial charge in [0.1, 0.15) is 5.03 Å². The third kappa shape index (κ3) is 5.48. The number of halogens is 3. The number of aromatic nitrogens is 1. The highest BCUT2D eigenvalue weighted by molar-refractivity contribution is 9.10. The standard InChI is InChI=1S/C19H12BrCl2N3O2S/c20-11-3-1-4-13(9-11)28-16-8-7-12(10-23-16)24-19(27)25-18(26)17-14(21)5-2-6-15(17)22/h1-10H,(H2,24,25,26,27). The monoisotopic (exact) mass is 495 g/mol. The van der Waals surface area contributed by atoms with Crippen LogP contribution in [0, 0.1) is 0 Å². The van der Waals surface area contributed by atoms with E-state index in [0.29, 0.717) is 5.69 Å². The van der Waals surface area contributed by atoms with Gasteiger partial charge in [0.25, 0.3) is 5.91 Å². The van der Waals surface area contributed by atoms with E-state index < -0.39 is 11.9 Å². The quantitative estimate of drug-likeness (QED) is 0.446. The minimum Gasteiger partial charge on any atom is -0.306 e. The van der Waals surface area contributed by atoms with Crippen molar-refractivity contribution in [3.8, 4) is 0 Å². The lowest BCUT2D eigenvalue weighted by molar-refractivity contribution is 0.0967. The van der Waals surface area contributed by atoms with Gasteiger partial charge in [0.15, 0.2) is 0 Å². The van der Waals surface area contributed by atoms with Gasteiger partial charge in [-0.3, -0.25) is 10.1 Å². The first-order valence-electron chi connectivity index (χ1n) is 7.88. The first-order valence-corrected chi connectivity index (χ1v) is 10.2. The van der Waals surface area contributed by atoms with Crippen molar-refractivity contribution in [2.75, 3.05) is 5.32 Å². The van der Waals surface area contributed by atoms with Crippen molar-refractivity contribution in [3.05, 3.63) is 80.9 Å². The number of carbonyl (C=O) groups excluding carboxylic acids is 2. The highest BCUT2D eigenvalue weighted by Crippen LogP contribution is 2.28. The van der Waals surface area contributed by atoms with E-state index in [2.05, 4.69) is 31.5 Å². The van der Waals surface area contributed by atoms with Crippen molar-refractivity contribution in [1.29, 1.82) is 0 Å². The Morgan fingerprint density at radius 1 is 1.00 bits per heavy atom. The number of imide groups is 1. The van der Waals surface area contributed by atoms with Gasteiger partial charge >= 0.3 is 6.03 Å². The molecule has 2 N–H and O–H groups in total. The molecule has 0 unspecified atom stereocenters. The summed E-state index contributed by atoms with van der Waals surface area (Å²) in [5, 5.41) is 5.82. The molecule has 1 aromatic heterocycles. The molecule has 0 saturated carbocycles. The van der Waals surface area contributed by atoms with Crippen molar-refractivity contribution >= 4 is 68.5 Å². The van der Waals surface area contributed by atoms with Crippen LogP contribution in [0.25, 0.3) is 0 Å². The number of hydrogen-bond donors (Lipinski definition) is 2. The number of urea groups is 1. The molecule has 3 rings (SSSR count). The minimum atomic E-state index is -0.713. The molecule has 1 heterocycles. The van der Waals surface area contributed by atoms with Crippen molar-refractivity contribution in [1.82, 2.24) is 10.3 Å². The Bertz CT molecular complexity index is 1010. The van der Waals surface area contributed by atoms with E-state index in [9.17, 15) is 9.59 Å². The van der Waals surface area contributed by atoms with Crippen LogP contribution in [0.3, 0.4) is 0 Å². The van der Waals surface area contributed by atoms with Gasteiger partial charge in [0.2, 0.25) is 0 Å². The Balaban J connectivity index is 1.60. The van der Waals surface area contributed by atoms with Gasteiger partial charge < -0.3 is 5.32 Å². The number of carbonyl (C=O) groups is 2. The van der Waals surface area contributed by atoms with Gasteiger partial charge in [-0.15, -0.1) is 0 Å². The molecule has 3 amide bonds. The summed E-state index contributed by atoms with van der Waals surface area (Å²) in [6.07, 6.45) is 1.51. The molecule has 0 aliphatic heterocycles. The van der Waals surface area contributed by atoms with Gasteiger partial charge in [-0.2, -0.15) is 0 Å². The maximum atomic E-state index is 12.2. The predicted molar refractivity (Wildman–Crippen MR) is 115 cm³/mol. The summed E-state index contributed by atoms with van der Waals surface area (Å²) in [5.41, 5.74) is 0.481. The summed E-state index contributed by atoms with van der Waals surface area (Å²) in [6.45, 7) is 0. The minimum absolute atomic E-state index is 0.0416. The van der Waals surface area contributed by atoms with Crippen molar-refractivity contribution in [2.24, 2.45) is 0 Å². The first kappa shape index (κ1) is 20.7. The van der Waals surface area contributed by atoms with Crippen molar-refractivity contribution in [3.63, 3.8) is 0 Å². The molecule has 0 bridgehead atoms. The first-order chi connectivity index (χ1) is 13.4. The normalized spacial score (nSPS) is 10.4. The molecule has 0 saturated heterocycles. The predicted octanol–water partition coefficient (Wildman–Crippen LogP) is 6.26. The number of anilines is 1. The maximum Gasteiger partial charge on any atom is 0.326 e. The SMILES string of the molecule is O=C(NC(=O)c1c(Cl)cccc1Cl)Nc1ccc(Sc2cccc(Br)c2)nc1. The van der Waals surface area contributed by atoms with Gasteiger partial charge in [-0.25, -0.2) is 9.78 Å². The second-order valence-corrected chi connectivity index (χ2v) is 8.27. The second kappa shape index (κ2) is 9.43. The van der Waals surface area contributed by atoms with Crippen LogP contribution in [0.5, 0.6) is 0 Å². The summed E-state index contributed by atoms with van der Waals surface area (Å²) in [6, 6.07) is 15.2. The smallest absolute Gasteiger partial charge is 0.306 e. The Kier molecular flexibility index (Phi) is 6.96. The average Bonchev–Trinajstić information content (AvgIpc) is 2.63. The Morgan fingerprint density at radius 2 is 1.71 bits per heavy atom. The molecule has 3 aromatic rings. The van der Waals surface area contributed by atoms with E-state index in [0.717, 1.165) is 14.4 Å². The largest absolute Gasteiger partial charge is 0.326 e. The third-order valence-electron chi connectivity index (χ3n) is 3.43. The fraction of sp³-hybridized carbons (Fsp3) is 0. The second-order valence-electron chi connectivity index (χ2n) is 5.45. The van der Waals surface area contributed by atoms with Crippen LogP contribution in [-0.2, 0) is 0 Å². The van der Waals surface area contributed by atoms with Crippen LogP contribution in [-0.4, -0.2) is 16.9 Å². The van der Waals surface area contributed by atoms with Crippen molar-refractivity contribution < 1.29 is 9.59 Å². The molecular formula is C19H12BrCl2N3O2S. The topological polar surface area (TPSA) is 71.1 Å². The Labute approximate surface area is 184 Å². The number of nitrogens with zero attached hydrogens (tertiary/aromatic N) is 1. The van der Waals surface area contributed by atoms with E-state index >= 15 is 0 Å². The molecule has 142 valence electrons. The average molecular weight is 497 g/mol. The van der Waals surface area contributed by atoms with Crippen LogP contribution in [0.1, 0.15) is 10.4 Å². The summed E-state index contributed by atoms with van der Waals surface area (Å²) in [4.78, 5) is 29.6. The van der Waals surface area contributed by atoms with Gasteiger partial charge in [-0.1, -0.05) is 63.0 Å². The van der Waals surface area contributed by atoms with E-state index in [-0.39, 0.29) is 15.6 Å². The van der Waals surface area contributed by atoms with E-state index in [1.54, 1.807) is 18.2 Å². The van der Waals surface area contributed by atoms with Crippen LogP contribution in [0.15, 0.2) is 75.2 Å². The Morgan fingerprint density at radius 3 is 2.36 bits per heavy atom. The molecular weight excluding hydrogens is 485 g/mol. The van der Waals surface area contributed by atoms with Gasteiger partial charge in [0, 0.05) is 9.37 Å². The summed E-state index contributed by atoms with van der Waals surface area (Å²) >= 11 is 16.9. The van der Waals surface area contributed by atoms with E-state index in [1.165, 1.54) is 30.1 Å². The molecule has 0 radical (unpaired) electrons. The molecule has 0 fully saturated rings. The molecule has 0 atom stereocenters. The maximum absolute atomic E-state index is 12.2. The fourth-order valence-corrected chi connectivity index (χ4v) is 4.14. The molecule has 2 aromatic carbocycles. The number of pyridine rings is 1. The molecule has 0 spiro atoms. The molecule has 0 aliphatic carbocycles. The van der Waals surface area contributed by atoms with Gasteiger partial charge in [0.05, 0.1) is 27.5 Å². The lowest BCUT2D eigenvalue weighted by Crippen LogP contribution is -2.34. The number of amides is 3. The molecule has 0 aliphatic rings. The number of benzene rings is 2. The number of rotatable bonds is 4. The Hall–Kier alpha value is -2.06. The zero-order chi connectivity index (χ0) is 20.1. The fourth-order valence-electron chi connectivity index (χ4n) is 2.21.